The van der Waals surface area contributed by atoms with Crippen molar-refractivity contribution >= 4 is 50.1 Å². The van der Waals surface area contributed by atoms with Gasteiger partial charge in [-0.25, -0.2) is 14.9 Å². The van der Waals surface area contributed by atoms with Crippen LogP contribution in [0.25, 0.3) is 5.70 Å². The van der Waals surface area contributed by atoms with Crippen LogP contribution in [-0.2, 0) is 37.5 Å². The summed E-state index contributed by atoms with van der Waals surface area (Å²) in [5, 5.41) is 0. The van der Waals surface area contributed by atoms with E-state index in [1.807, 2.05) is 47.7 Å². The zero-order valence-corrected chi connectivity index (χ0v) is 17.8. The summed E-state index contributed by atoms with van der Waals surface area (Å²) in [4.78, 5) is 13.3. The molecule has 1 aromatic rings. The molecule has 1 atom stereocenters. The van der Waals surface area contributed by atoms with Crippen molar-refractivity contribution in [1.82, 2.24) is 4.90 Å². The Morgan fingerprint density at radius 3 is 2.76 bits per heavy atom. The molecule has 7 heteroatoms. The van der Waals surface area contributed by atoms with Crippen LogP contribution in [0, 0.1) is 13.0 Å². The predicted octanol–water partition coefficient (Wildman–Crippen LogP) is 4.20. The van der Waals surface area contributed by atoms with Crippen LogP contribution < -0.4 is 0 Å². The minimum atomic E-state index is -2.56. The number of amides is 1. The van der Waals surface area contributed by atoms with Gasteiger partial charge in [0.05, 0.1) is 10.5 Å². The quantitative estimate of drug-likeness (QED) is 0.318. The number of aryl methyl sites for hydroxylation is 1. The van der Waals surface area contributed by atoms with E-state index in [0.29, 0.717) is 12.1 Å². The van der Waals surface area contributed by atoms with Gasteiger partial charge in [0.15, 0.2) is 0 Å². The zero-order chi connectivity index (χ0) is 14.9. The predicted molar refractivity (Wildman–Crippen MR) is 85.7 cm³/mol. The molecule has 0 aliphatic carbocycles. The van der Waals surface area contributed by atoms with Crippen LogP contribution in [0.1, 0.15) is 17.5 Å². The van der Waals surface area contributed by atoms with Gasteiger partial charge in [-0.2, -0.15) is 0 Å². The number of halogens is 4. The normalized spacial score (nSPS) is 18.6. The molecule has 1 amide bonds. The monoisotopic (exact) mass is 543 g/mol. The van der Waals surface area contributed by atoms with Crippen molar-refractivity contribution in [1.29, 1.82) is 0 Å². The van der Waals surface area contributed by atoms with Gasteiger partial charge >= 0.3 is 0 Å². The summed E-state index contributed by atoms with van der Waals surface area (Å²) in [6.07, 6.45) is 0.983. The molecule has 2 nitrogen and oxygen atoms in total. The molecule has 1 aliphatic heterocycles. The van der Waals surface area contributed by atoms with Crippen LogP contribution in [-0.4, -0.2) is 27.7 Å². The molecular weight excluding hydrogens is 532 g/mol. The van der Waals surface area contributed by atoms with Gasteiger partial charge in [-0.15, -0.1) is 22.9 Å². The number of carbonyl (C=O) groups excluding carboxylic acids is 1. The third-order valence-electron chi connectivity index (χ3n) is 3.02. The van der Waals surface area contributed by atoms with E-state index in [1.54, 1.807) is 0 Å². The van der Waals surface area contributed by atoms with Crippen molar-refractivity contribution in [2.45, 2.75) is 23.7 Å². The van der Waals surface area contributed by atoms with Crippen LogP contribution in [0.15, 0.2) is 22.7 Å². The smallest absolute Gasteiger partial charge is 0.256 e. The maximum atomic E-state index is 12.7. The Bertz CT molecular complexity index is 568. The summed E-state index contributed by atoms with van der Waals surface area (Å²) in [6.45, 7) is 1.30. The van der Waals surface area contributed by atoms with Gasteiger partial charge in [0.1, 0.15) is 0 Å². The van der Waals surface area contributed by atoms with E-state index < -0.39 is 13.0 Å². The van der Waals surface area contributed by atoms with Gasteiger partial charge in [-0.3, -0.25) is 4.79 Å². The first-order valence-electron chi connectivity index (χ1n) is 6.01. The fourth-order valence-corrected chi connectivity index (χ4v) is 3.13. The van der Waals surface area contributed by atoms with Gasteiger partial charge in [0, 0.05) is 37.2 Å². The van der Waals surface area contributed by atoms with Gasteiger partial charge < -0.3 is 4.90 Å². The number of allylic oxidation sites excluding steroid dienone is 1. The average Bonchev–Trinajstić information content (AvgIpc) is 2.36. The van der Waals surface area contributed by atoms with Crippen LogP contribution in [0.2, 0.25) is 0 Å². The molecule has 2 rings (SSSR count). The molecule has 1 aromatic carbocycles. The topological polar surface area (TPSA) is 20.3 Å². The summed E-state index contributed by atoms with van der Waals surface area (Å²) in [5.74, 6) is -0.276. The fourth-order valence-electron chi connectivity index (χ4n) is 2.10. The third kappa shape index (κ3) is 4.79. The molecule has 0 fully saturated rings. The van der Waals surface area contributed by atoms with Crippen LogP contribution in [0.3, 0.4) is 0 Å². The molecule has 111 valence electrons. The van der Waals surface area contributed by atoms with Gasteiger partial charge in [-0.1, -0.05) is 64.0 Å². The first kappa shape index (κ1) is 19.7. The van der Waals surface area contributed by atoms with E-state index in [1.165, 1.54) is 0 Å². The van der Waals surface area contributed by atoms with E-state index in [9.17, 15) is 13.6 Å². The Morgan fingerprint density at radius 1 is 1.52 bits per heavy atom. The summed E-state index contributed by atoms with van der Waals surface area (Å²) in [5.41, 5.74) is 2.15. The Hall–Kier alpha value is 0.604. The van der Waals surface area contributed by atoms with E-state index >= 15 is 0 Å². The number of rotatable bonds is 3. The molecule has 0 saturated heterocycles. The van der Waals surface area contributed by atoms with E-state index in [0.717, 1.165) is 20.5 Å². The largest absolute Gasteiger partial charge is 0.341 e. The van der Waals surface area contributed by atoms with Crippen LogP contribution >= 0.6 is 38.5 Å². The van der Waals surface area contributed by atoms with Crippen molar-refractivity contribution in [3.8, 4) is 0 Å². The maximum Gasteiger partial charge on any atom is 0.256 e. The van der Waals surface area contributed by atoms with Gasteiger partial charge in [0.2, 0.25) is 5.91 Å². The molecule has 0 bridgehead atoms. The second-order valence-corrected chi connectivity index (χ2v) is 6.92. The van der Waals surface area contributed by atoms with Crippen molar-refractivity contribution in [3.63, 3.8) is 0 Å². The number of carbonyl (C=O) groups is 1. The van der Waals surface area contributed by atoms with Gasteiger partial charge in [0.25, 0.3) is 6.43 Å². The second kappa shape index (κ2) is 8.45. The summed E-state index contributed by atoms with van der Waals surface area (Å²) < 4.78 is 26.0. The zero-order valence-electron chi connectivity index (χ0n) is 11.2. The van der Waals surface area contributed by atoms with Crippen molar-refractivity contribution < 1.29 is 46.3 Å². The Kier molecular flexibility index (Phi) is 7.91. The fraction of sp³-hybridized carbons (Fsp3) is 0.357. The third-order valence-corrected chi connectivity index (χ3v) is 4.48. The minimum absolute atomic E-state index is 0. The molecule has 0 saturated carbocycles. The summed E-state index contributed by atoms with van der Waals surface area (Å²) in [7, 11) is 0. The number of alkyl halides is 3. The first-order chi connectivity index (χ1) is 9.40. The number of nitrogens with zero attached hydrogens (tertiary/aromatic N) is 1. The Morgan fingerprint density at radius 2 is 2.19 bits per heavy atom. The Labute approximate surface area is 169 Å². The molecular formula is C14H12BrF2INOY-. The van der Waals surface area contributed by atoms with E-state index in [2.05, 4.69) is 22.0 Å². The standard InChI is InChI=1S/C14H12BrF2INO.Y/c1-8-6-9(15)2-3-10(8)12-5-4-11(18)14(20)19(12)7-13(16)17;/h2-3,6,11,13H,4,7H2,1H3;/q-1;. The van der Waals surface area contributed by atoms with Gasteiger partial charge in [-0.05, 0) is 0 Å². The number of hydrogen-bond acceptors (Lipinski definition) is 1. The maximum absolute atomic E-state index is 12.7. The molecule has 0 N–H and O–H groups in total. The Balaban J connectivity index is 0.00000220. The van der Waals surface area contributed by atoms with Crippen molar-refractivity contribution in [2.75, 3.05) is 6.54 Å². The molecule has 0 spiro atoms. The summed E-state index contributed by atoms with van der Waals surface area (Å²) in [6, 6.07) is 5.55. The molecule has 1 radical (unpaired) electrons. The van der Waals surface area contributed by atoms with E-state index in [4.69, 9.17) is 0 Å². The second-order valence-electron chi connectivity index (χ2n) is 4.50. The number of benzene rings is 1. The van der Waals surface area contributed by atoms with Crippen molar-refractivity contribution in [2.24, 2.45) is 0 Å². The molecule has 21 heavy (non-hydrogen) atoms. The SMILES string of the molecule is Cc1cc(Br)ccc1C1=[C-]CC(I)C(=O)N1CC(F)F.[Y]. The minimum Gasteiger partial charge on any atom is -0.341 e. The molecule has 0 aromatic heterocycles. The first-order valence-corrected chi connectivity index (χ1v) is 8.05. The number of hydrogen-bond donors (Lipinski definition) is 0. The molecule has 1 unspecified atom stereocenters. The van der Waals surface area contributed by atoms with Crippen LogP contribution in [0.5, 0.6) is 0 Å². The molecule has 1 heterocycles. The molecule has 1 aliphatic rings. The van der Waals surface area contributed by atoms with Crippen molar-refractivity contribution in [3.05, 3.63) is 39.9 Å². The van der Waals surface area contributed by atoms with E-state index in [-0.39, 0.29) is 42.5 Å². The summed E-state index contributed by atoms with van der Waals surface area (Å²) >= 11 is 5.33. The van der Waals surface area contributed by atoms with Crippen LogP contribution in [0.4, 0.5) is 8.78 Å². The average molecular weight is 544 g/mol.